The van der Waals surface area contributed by atoms with Crippen molar-refractivity contribution in [2.45, 2.75) is 19.4 Å². The molecule has 7 heteroatoms. The molecule has 0 bridgehead atoms. The fraction of sp³-hybridized carbons (Fsp3) is 0.263. The first-order chi connectivity index (χ1) is 12.7. The summed E-state index contributed by atoms with van der Waals surface area (Å²) in [6.07, 6.45) is 5.42. The van der Waals surface area contributed by atoms with E-state index >= 15 is 0 Å². The van der Waals surface area contributed by atoms with E-state index in [-0.39, 0.29) is 24.3 Å². The van der Waals surface area contributed by atoms with Gasteiger partial charge in [0.2, 0.25) is 11.8 Å². The van der Waals surface area contributed by atoms with E-state index in [1.165, 1.54) is 0 Å². The van der Waals surface area contributed by atoms with E-state index in [2.05, 4.69) is 20.7 Å². The number of carbonyl (C=O) groups is 2. The van der Waals surface area contributed by atoms with Gasteiger partial charge in [0.1, 0.15) is 0 Å². The second-order valence-corrected chi connectivity index (χ2v) is 6.43. The van der Waals surface area contributed by atoms with E-state index in [9.17, 15) is 9.59 Å². The van der Waals surface area contributed by atoms with Crippen LogP contribution in [0.1, 0.15) is 18.4 Å². The molecule has 1 aromatic carbocycles. The average molecular weight is 349 g/mol. The molecule has 7 nitrogen and oxygen atoms in total. The second-order valence-electron chi connectivity index (χ2n) is 6.43. The summed E-state index contributed by atoms with van der Waals surface area (Å²) in [5.74, 6) is 0.227. The molecule has 3 aromatic rings. The molecule has 2 heterocycles. The van der Waals surface area contributed by atoms with Crippen LogP contribution in [-0.2, 0) is 16.1 Å². The SMILES string of the molecule is O=C(CNC(=O)C1CC1)Nc1ccn(Cc2cccc3cccnc23)n1. The number of fused-ring (bicyclic) bond motifs is 1. The molecule has 1 fully saturated rings. The molecule has 26 heavy (non-hydrogen) atoms. The first-order valence-corrected chi connectivity index (χ1v) is 8.63. The number of hydrogen-bond donors (Lipinski definition) is 2. The number of rotatable bonds is 6. The van der Waals surface area contributed by atoms with Gasteiger partial charge >= 0.3 is 0 Å². The van der Waals surface area contributed by atoms with Gasteiger partial charge in [0.15, 0.2) is 5.82 Å². The third kappa shape index (κ3) is 3.72. The maximum absolute atomic E-state index is 11.9. The number of carbonyl (C=O) groups excluding carboxylic acids is 2. The van der Waals surface area contributed by atoms with Crippen molar-refractivity contribution < 1.29 is 9.59 Å². The summed E-state index contributed by atoms with van der Waals surface area (Å²) < 4.78 is 1.75. The minimum atomic E-state index is -0.281. The van der Waals surface area contributed by atoms with Gasteiger partial charge < -0.3 is 10.6 Å². The van der Waals surface area contributed by atoms with E-state index in [4.69, 9.17) is 0 Å². The molecule has 1 aliphatic carbocycles. The summed E-state index contributed by atoms with van der Waals surface area (Å²) in [5.41, 5.74) is 2.00. The monoisotopic (exact) mass is 349 g/mol. The molecule has 0 radical (unpaired) electrons. The van der Waals surface area contributed by atoms with Crippen LogP contribution in [0.25, 0.3) is 10.9 Å². The molecule has 4 rings (SSSR count). The van der Waals surface area contributed by atoms with Gasteiger partial charge in [0.05, 0.1) is 18.6 Å². The molecule has 2 aromatic heterocycles. The van der Waals surface area contributed by atoms with Crippen molar-refractivity contribution in [3.8, 4) is 0 Å². The third-order valence-corrected chi connectivity index (χ3v) is 4.33. The van der Waals surface area contributed by atoms with Crippen molar-refractivity contribution in [3.63, 3.8) is 0 Å². The quantitative estimate of drug-likeness (QED) is 0.712. The van der Waals surface area contributed by atoms with E-state index in [0.717, 1.165) is 29.3 Å². The third-order valence-electron chi connectivity index (χ3n) is 4.33. The van der Waals surface area contributed by atoms with Crippen LogP contribution in [0.4, 0.5) is 5.82 Å². The van der Waals surface area contributed by atoms with Crippen molar-refractivity contribution in [2.75, 3.05) is 11.9 Å². The first kappa shape index (κ1) is 16.3. The van der Waals surface area contributed by atoms with Gasteiger partial charge in [-0.15, -0.1) is 0 Å². The Morgan fingerprint density at radius 2 is 2.00 bits per heavy atom. The number of anilines is 1. The van der Waals surface area contributed by atoms with Gasteiger partial charge in [-0.05, 0) is 24.5 Å². The van der Waals surface area contributed by atoms with Crippen molar-refractivity contribution in [1.82, 2.24) is 20.1 Å². The summed E-state index contributed by atoms with van der Waals surface area (Å²) in [5, 5.41) is 10.8. The highest BCUT2D eigenvalue weighted by molar-refractivity contribution is 5.94. The zero-order valence-electron chi connectivity index (χ0n) is 14.2. The van der Waals surface area contributed by atoms with Crippen LogP contribution in [-0.4, -0.2) is 33.1 Å². The summed E-state index contributed by atoms with van der Waals surface area (Å²) in [4.78, 5) is 27.9. The van der Waals surface area contributed by atoms with Gasteiger partial charge in [0.25, 0.3) is 0 Å². The average Bonchev–Trinajstić information content (AvgIpc) is 3.42. The summed E-state index contributed by atoms with van der Waals surface area (Å²) in [6.45, 7) is 0.526. The van der Waals surface area contributed by atoms with Gasteiger partial charge in [-0.25, -0.2) is 0 Å². The Hall–Kier alpha value is -3.22. The van der Waals surface area contributed by atoms with E-state index in [0.29, 0.717) is 12.4 Å². The Kier molecular flexibility index (Phi) is 4.35. The lowest BCUT2D eigenvalue weighted by Crippen LogP contribution is -2.33. The Bertz CT molecular complexity index is 956. The van der Waals surface area contributed by atoms with Gasteiger partial charge in [-0.1, -0.05) is 24.3 Å². The fourth-order valence-electron chi connectivity index (χ4n) is 2.83. The molecule has 1 aliphatic rings. The topological polar surface area (TPSA) is 88.9 Å². The van der Waals surface area contributed by atoms with Crippen LogP contribution in [0.3, 0.4) is 0 Å². The zero-order valence-corrected chi connectivity index (χ0v) is 14.2. The highest BCUT2D eigenvalue weighted by Gasteiger charge is 2.29. The van der Waals surface area contributed by atoms with Crippen molar-refractivity contribution in [3.05, 3.63) is 54.4 Å². The molecular formula is C19H19N5O2. The van der Waals surface area contributed by atoms with E-state index in [1.54, 1.807) is 23.1 Å². The Morgan fingerprint density at radius 1 is 1.15 bits per heavy atom. The second kappa shape index (κ2) is 6.95. The molecule has 1 saturated carbocycles. The lowest BCUT2D eigenvalue weighted by molar-refractivity contribution is -0.125. The molecule has 0 spiro atoms. The van der Waals surface area contributed by atoms with Crippen LogP contribution in [0.5, 0.6) is 0 Å². The Morgan fingerprint density at radius 3 is 2.85 bits per heavy atom. The van der Waals surface area contributed by atoms with Gasteiger partial charge in [0, 0.05) is 29.8 Å². The van der Waals surface area contributed by atoms with Gasteiger partial charge in [-0.2, -0.15) is 5.10 Å². The standard InChI is InChI=1S/C19H19N5O2/c25-17(11-21-19(26)14-6-7-14)22-16-8-10-24(23-16)12-15-4-1-3-13-5-2-9-20-18(13)15/h1-5,8-10,14H,6-7,11-12H2,(H,21,26)(H,22,23,25). The summed E-state index contributed by atoms with van der Waals surface area (Å²) >= 11 is 0. The van der Waals surface area contributed by atoms with Crippen LogP contribution in [0.2, 0.25) is 0 Å². The lowest BCUT2D eigenvalue weighted by atomic mass is 10.1. The maximum atomic E-state index is 11.9. The zero-order chi connectivity index (χ0) is 17.9. The predicted octanol–water partition coefficient (Wildman–Crippen LogP) is 1.94. The lowest BCUT2D eigenvalue weighted by Gasteiger charge is -2.06. The molecule has 0 aliphatic heterocycles. The number of nitrogens with zero attached hydrogens (tertiary/aromatic N) is 3. The molecule has 2 amide bonds. The van der Waals surface area contributed by atoms with Crippen LogP contribution < -0.4 is 10.6 Å². The van der Waals surface area contributed by atoms with Crippen molar-refractivity contribution in [1.29, 1.82) is 0 Å². The summed E-state index contributed by atoms with van der Waals surface area (Å²) in [7, 11) is 0. The number of para-hydroxylation sites is 1. The molecular weight excluding hydrogens is 330 g/mol. The highest BCUT2D eigenvalue weighted by atomic mass is 16.2. The van der Waals surface area contributed by atoms with Crippen molar-refractivity contribution >= 4 is 28.5 Å². The Labute approximate surface area is 150 Å². The molecule has 0 atom stereocenters. The normalized spacial score (nSPS) is 13.5. The number of benzene rings is 1. The van der Waals surface area contributed by atoms with Crippen LogP contribution >= 0.6 is 0 Å². The number of pyridine rings is 1. The largest absolute Gasteiger partial charge is 0.347 e. The molecule has 2 N–H and O–H groups in total. The van der Waals surface area contributed by atoms with E-state index in [1.807, 2.05) is 30.3 Å². The first-order valence-electron chi connectivity index (χ1n) is 8.63. The summed E-state index contributed by atoms with van der Waals surface area (Å²) in [6, 6.07) is 11.7. The fourth-order valence-corrected chi connectivity index (χ4v) is 2.83. The molecule has 0 saturated heterocycles. The molecule has 132 valence electrons. The van der Waals surface area contributed by atoms with Crippen molar-refractivity contribution in [2.24, 2.45) is 5.92 Å². The van der Waals surface area contributed by atoms with Crippen LogP contribution in [0.15, 0.2) is 48.8 Å². The minimum Gasteiger partial charge on any atom is -0.347 e. The predicted molar refractivity (Wildman–Crippen MR) is 97.4 cm³/mol. The number of nitrogens with one attached hydrogen (secondary N) is 2. The Balaban J connectivity index is 1.38. The number of hydrogen-bond acceptors (Lipinski definition) is 4. The molecule has 0 unspecified atom stereocenters. The maximum Gasteiger partial charge on any atom is 0.244 e. The van der Waals surface area contributed by atoms with E-state index < -0.39 is 0 Å². The van der Waals surface area contributed by atoms with Gasteiger partial charge in [-0.3, -0.25) is 19.3 Å². The highest BCUT2D eigenvalue weighted by Crippen LogP contribution is 2.28. The smallest absolute Gasteiger partial charge is 0.244 e. The van der Waals surface area contributed by atoms with Crippen LogP contribution in [0, 0.1) is 5.92 Å². The minimum absolute atomic E-state index is 0.0323. The number of aromatic nitrogens is 3. The number of amides is 2.